The van der Waals surface area contributed by atoms with Crippen molar-refractivity contribution in [1.82, 2.24) is 9.97 Å². The van der Waals surface area contributed by atoms with Crippen molar-refractivity contribution in [2.45, 2.75) is 6.92 Å². The highest BCUT2D eigenvalue weighted by Crippen LogP contribution is 2.20. The average Bonchev–Trinajstić information content (AvgIpc) is 2.43. The second-order valence-corrected chi connectivity index (χ2v) is 4.39. The number of benzene rings is 1. The van der Waals surface area contributed by atoms with Crippen molar-refractivity contribution in [3.05, 3.63) is 30.1 Å². The molecule has 2 aromatic rings. The van der Waals surface area contributed by atoms with Gasteiger partial charge >= 0.3 is 5.97 Å². The van der Waals surface area contributed by atoms with Crippen LogP contribution in [0.3, 0.4) is 0 Å². The van der Waals surface area contributed by atoms with Crippen LogP contribution in [0.1, 0.15) is 17.5 Å². The summed E-state index contributed by atoms with van der Waals surface area (Å²) in [6.07, 6.45) is 0. The number of aromatic nitrogens is 2. The number of aliphatic hydroxyl groups excluding tert-OH is 1. The third-order valence-corrected chi connectivity index (χ3v) is 2.72. The zero-order chi connectivity index (χ0) is 13.8. The molecule has 19 heavy (non-hydrogen) atoms. The van der Waals surface area contributed by atoms with E-state index in [9.17, 15) is 4.79 Å². The van der Waals surface area contributed by atoms with E-state index in [0.717, 1.165) is 5.39 Å². The van der Waals surface area contributed by atoms with Gasteiger partial charge in [-0.1, -0.05) is 19.1 Å². The van der Waals surface area contributed by atoms with Crippen LogP contribution >= 0.6 is 0 Å². The van der Waals surface area contributed by atoms with E-state index in [1.54, 1.807) is 12.1 Å². The molecule has 6 heteroatoms. The maximum absolute atomic E-state index is 11.0. The molecule has 0 aliphatic carbocycles. The number of nitrogens with zero attached hydrogens (tertiary/aromatic N) is 2. The van der Waals surface area contributed by atoms with Gasteiger partial charge in [-0.05, 0) is 18.1 Å². The zero-order valence-electron chi connectivity index (χ0n) is 10.5. The Labute approximate surface area is 110 Å². The first-order chi connectivity index (χ1) is 9.11. The molecule has 1 aromatic carbocycles. The molecule has 0 saturated carbocycles. The highest BCUT2D eigenvalue weighted by Gasteiger charge is 2.12. The molecule has 6 nitrogen and oxygen atoms in total. The molecule has 1 unspecified atom stereocenters. The zero-order valence-corrected chi connectivity index (χ0v) is 10.5. The van der Waals surface area contributed by atoms with Crippen molar-refractivity contribution in [2.24, 2.45) is 5.92 Å². The summed E-state index contributed by atoms with van der Waals surface area (Å²) < 4.78 is 0. The molecule has 0 bridgehead atoms. The van der Waals surface area contributed by atoms with Gasteiger partial charge in [-0.15, -0.1) is 0 Å². The number of carbonyl (C=O) groups is 1. The lowest BCUT2D eigenvalue weighted by Gasteiger charge is -2.12. The number of aliphatic hydroxyl groups is 1. The van der Waals surface area contributed by atoms with E-state index in [4.69, 9.17) is 10.2 Å². The van der Waals surface area contributed by atoms with Crippen molar-refractivity contribution < 1.29 is 15.0 Å². The summed E-state index contributed by atoms with van der Waals surface area (Å²) in [4.78, 5) is 19.0. The van der Waals surface area contributed by atoms with Gasteiger partial charge in [0.25, 0.3) is 0 Å². The van der Waals surface area contributed by atoms with E-state index in [1.807, 2.05) is 19.1 Å². The second kappa shape index (κ2) is 5.62. The van der Waals surface area contributed by atoms with Crippen LogP contribution in [0.15, 0.2) is 24.3 Å². The Morgan fingerprint density at radius 3 is 2.79 bits per heavy atom. The van der Waals surface area contributed by atoms with E-state index in [-0.39, 0.29) is 18.3 Å². The summed E-state index contributed by atoms with van der Waals surface area (Å²) in [6.45, 7) is 2.45. The van der Waals surface area contributed by atoms with Crippen molar-refractivity contribution in [3.63, 3.8) is 0 Å². The van der Waals surface area contributed by atoms with E-state index in [2.05, 4.69) is 15.3 Å². The number of carboxylic acid groups (broad SMARTS) is 1. The Kier molecular flexibility index (Phi) is 3.91. The Morgan fingerprint density at radius 1 is 1.37 bits per heavy atom. The number of hydrogen-bond donors (Lipinski definition) is 3. The quantitative estimate of drug-likeness (QED) is 0.752. The first-order valence-electron chi connectivity index (χ1n) is 5.96. The summed E-state index contributed by atoms with van der Waals surface area (Å²) in [5.74, 6) is -0.868. The molecule has 3 N–H and O–H groups in total. The van der Waals surface area contributed by atoms with Gasteiger partial charge in [-0.2, -0.15) is 0 Å². The van der Waals surface area contributed by atoms with Gasteiger partial charge in [-0.3, -0.25) is 0 Å². The number of carboxylic acids is 1. The minimum atomic E-state index is -1.16. The minimum Gasteiger partial charge on any atom is -0.475 e. The largest absolute Gasteiger partial charge is 0.475 e. The summed E-state index contributed by atoms with van der Waals surface area (Å²) in [6, 6.07) is 7.20. The lowest BCUT2D eigenvalue weighted by Crippen LogP contribution is -2.16. The second-order valence-electron chi connectivity index (χ2n) is 4.39. The fourth-order valence-electron chi connectivity index (χ4n) is 1.64. The van der Waals surface area contributed by atoms with Gasteiger partial charge in [-0.25, -0.2) is 14.8 Å². The predicted octanol–water partition coefficient (Wildman–Crippen LogP) is 1.37. The Morgan fingerprint density at radius 2 is 2.11 bits per heavy atom. The molecule has 0 aliphatic heterocycles. The maximum atomic E-state index is 11.0. The molecular weight excluding hydrogens is 246 g/mol. The third-order valence-electron chi connectivity index (χ3n) is 2.72. The van der Waals surface area contributed by atoms with Crippen molar-refractivity contribution in [2.75, 3.05) is 18.5 Å². The molecule has 0 aliphatic rings. The van der Waals surface area contributed by atoms with Gasteiger partial charge in [0.2, 0.25) is 5.82 Å². The SMILES string of the molecule is CC(CO)CNc1nc(C(=O)O)nc2ccccc12. The number of hydrogen-bond acceptors (Lipinski definition) is 5. The fourth-order valence-corrected chi connectivity index (χ4v) is 1.64. The standard InChI is InChI=1S/C13H15N3O3/c1-8(7-17)6-14-11-9-4-2-3-5-10(9)15-12(16-11)13(18)19/h2-5,8,17H,6-7H2,1H3,(H,18,19)(H,14,15,16). The third kappa shape index (κ3) is 2.97. The van der Waals surface area contributed by atoms with Crippen molar-refractivity contribution in [1.29, 1.82) is 0 Å². The van der Waals surface area contributed by atoms with Gasteiger partial charge in [0.15, 0.2) is 0 Å². The molecule has 2 rings (SSSR count). The predicted molar refractivity (Wildman–Crippen MR) is 71.2 cm³/mol. The van der Waals surface area contributed by atoms with Gasteiger partial charge in [0.05, 0.1) is 5.52 Å². The van der Waals surface area contributed by atoms with Crippen molar-refractivity contribution >= 4 is 22.7 Å². The monoisotopic (exact) mass is 261 g/mol. The molecular formula is C13H15N3O3. The number of nitrogens with one attached hydrogen (secondary N) is 1. The Hall–Kier alpha value is -2.21. The van der Waals surface area contributed by atoms with Crippen molar-refractivity contribution in [3.8, 4) is 0 Å². The lowest BCUT2D eigenvalue weighted by atomic mass is 10.2. The number of rotatable bonds is 5. The van der Waals surface area contributed by atoms with Crippen LogP contribution < -0.4 is 5.32 Å². The number of anilines is 1. The molecule has 100 valence electrons. The highest BCUT2D eigenvalue weighted by molar-refractivity contribution is 5.93. The molecule has 0 radical (unpaired) electrons. The van der Waals surface area contributed by atoms with Gasteiger partial charge < -0.3 is 15.5 Å². The summed E-state index contributed by atoms with van der Waals surface area (Å²) >= 11 is 0. The van der Waals surface area contributed by atoms with Crippen LogP contribution in [0.4, 0.5) is 5.82 Å². The first kappa shape index (κ1) is 13.2. The Balaban J connectivity index is 2.41. The van der Waals surface area contributed by atoms with Gasteiger partial charge in [0, 0.05) is 18.5 Å². The Bertz CT molecular complexity index is 601. The van der Waals surface area contributed by atoms with Crippen LogP contribution in [0.25, 0.3) is 10.9 Å². The summed E-state index contributed by atoms with van der Waals surface area (Å²) in [7, 11) is 0. The first-order valence-corrected chi connectivity index (χ1v) is 5.96. The van der Waals surface area contributed by atoms with E-state index >= 15 is 0 Å². The molecule has 0 amide bonds. The van der Waals surface area contributed by atoms with Crippen LogP contribution in [-0.2, 0) is 0 Å². The van der Waals surface area contributed by atoms with Crippen LogP contribution in [-0.4, -0.2) is 39.3 Å². The highest BCUT2D eigenvalue weighted by atomic mass is 16.4. The molecule has 0 fully saturated rings. The number of aromatic carboxylic acids is 1. The van der Waals surface area contributed by atoms with E-state index in [0.29, 0.717) is 17.9 Å². The summed E-state index contributed by atoms with van der Waals surface area (Å²) in [5, 5.41) is 21.8. The lowest BCUT2D eigenvalue weighted by molar-refractivity contribution is 0.0684. The number of fused-ring (bicyclic) bond motifs is 1. The fraction of sp³-hybridized carbons (Fsp3) is 0.308. The number of para-hydroxylation sites is 1. The molecule has 1 heterocycles. The summed E-state index contributed by atoms with van der Waals surface area (Å²) in [5.41, 5.74) is 0.578. The van der Waals surface area contributed by atoms with Crippen LogP contribution in [0.5, 0.6) is 0 Å². The van der Waals surface area contributed by atoms with E-state index < -0.39 is 5.97 Å². The maximum Gasteiger partial charge on any atom is 0.374 e. The molecule has 1 atom stereocenters. The normalized spacial score (nSPS) is 12.3. The van der Waals surface area contributed by atoms with Crippen LogP contribution in [0.2, 0.25) is 0 Å². The van der Waals surface area contributed by atoms with Gasteiger partial charge in [0.1, 0.15) is 5.82 Å². The average molecular weight is 261 g/mol. The minimum absolute atomic E-state index is 0.0573. The molecule has 0 saturated heterocycles. The topological polar surface area (TPSA) is 95.3 Å². The molecule has 1 aromatic heterocycles. The van der Waals surface area contributed by atoms with E-state index in [1.165, 1.54) is 0 Å². The molecule has 0 spiro atoms. The smallest absolute Gasteiger partial charge is 0.374 e. The van der Waals surface area contributed by atoms with Crippen LogP contribution in [0, 0.1) is 5.92 Å².